The van der Waals surface area contributed by atoms with Crippen molar-refractivity contribution in [1.29, 1.82) is 0 Å². The molecule has 0 fully saturated rings. The maximum Gasteiger partial charge on any atom is 0.472 e. The van der Waals surface area contributed by atoms with Crippen molar-refractivity contribution in [1.82, 2.24) is 0 Å². The smallest absolute Gasteiger partial charge is 0.462 e. The number of hydrogen-bond acceptors (Lipinski definition) is 15. The molecule has 0 saturated heterocycles. The van der Waals surface area contributed by atoms with Crippen molar-refractivity contribution in [2.45, 2.75) is 420 Å². The summed E-state index contributed by atoms with van der Waals surface area (Å²) in [5.74, 6) is 0.123. The summed E-state index contributed by atoms with van der Waals surface area (Å²) in [6, 6.07) is 0. The molecule has 2 unspecified atom stereocenters. The third-order valence-corrected chi connectivity index (χ3v) is 20.0. The quantitative estimate of drug-likeness (QED) is 0.0222. The highest BCUT2D eigenvalue weighted by Crippen LogP contribution is 2.45. The van der Waals surface area contributed by atoms with Gasteiger partial charge >= 0.3 is 39.5 Å². The number of carbonyl (C=O) groups excluding carboxylic acids is 4. The van der Waals surface area contributed by atoms with Gasteiger partial charge in [0.25, 0.3) is 0 Å². The average molecular weight is 1420 g/mol. The van der Waals surface area contributed by atoms with Gasteiger partial charge in [0, 0.05) is 25.7 Å². The van der Waals surface area contributed by atoms with Gasteiger partial charge in [0.1, 0.15) is 19.3 Å². The van der Waals surface area contributed by atoms with Crippen LogP contribution in [-0.4, -0.2) is 96.7 Å². The van der Waals surface area contributed by atoms with Crippen molar-refractivity contribution >= 4 is 39.5 Å². The second-order valence-electron chi connectivity index (χ2n) is 29.5. The predicted octanol–water partition coefficient (Wildman–Crippen LogP) is 23.0. The number of unbranched alkanes of at least 4 members (excludes halogenated alkanes) is 44. The topological polar surface area (TPSA) is 237 Å². The number of hydrogen-bond donors (Lipinski definition) is 3. The van der Waals surface area contributed by atoms with Gasteiger partial charge in [-0.1, -0.05) is 350 Å². The van der Waals surface area contributed by atoms with E-state index >= 15 is 0 Å². The van der Waals surface area contributed by atoms with Gasteiger partial charge in [-0.05, 0) is 43.4 Å². The van der Waals surface area contributed by atoms with Crippen LogP contribution in [0.5, 0.6) is 0 Å². The number of esters is 4. The van der Waals surface area contributed by atoms with Gasteiger partial charge in [0.2, 0.25) is 0 Å². The van der Waals surface area contributed by atoms with Crippen molar-refractivity contribution in [2.75, 3.05) is 39.6 Å². The first-order valence-electron chi connectivity index (χ1n) is 40.3. The Bertz CT molecular complexity index is 1890. The van der Waals surface area contributed by atoms with Crippen LogP contribution in [0.2, 0.25) is 0 Å². The van der Waals surface area contributed by atoms with E-state index in [1.807, 2.05) is 0 Å². The molecule has 0 aromatic carbocycles. The number of rotatable bonds is 76. The molecule has 0 saturated carbocycles. The van der Waals surface area contributed by atoms with E-state index in [0.717, 1.165) is 108 Å². The molecule has 0 spiro atoms. The molecule has 0 radical (unpaired) electrons. The summed E-state index contributed by atoms with van der Waals surface area (Å²) in [6.45, 7) is 11.9. The number of phosphoric ester groups is 2. The predicted molar refractivity (Wildman–Crippen MR) is 395 cm³/mol. The van der Waals surface area contributed by atoms with E-state index in [-0.39, 0.29) is 25.7 Å². The minimum absolute atomic E-state index is 0.105. The zero-order valence-corrected chi connectivity index (χ0v) is 65.3. The summed E-state index contributed by atoms with van der Waals surface area (Å²) < 4.78 is 68.6. The molecule has 0 bridgehead atoms. The first-order valence-corrected chi connectivity index (χ1v) is 43.3. The van der Waals surface area contributed by atoms with Crippen molar-refractivity contribution in [3.8, 4) is 0 Å². The molecule has 0 aliphatic rings. The normalized spacial score (nSPS) is 14.0. The van der Waals surface area contributed by atoms with E-state index < -0.39 is 97.5 Å². The highest BCUT2D eigenvalue weighted by Gasteiger charge is 2.30. The zero-order chi connectivity index (χ0) is 71.6. The lowest BCUT2D eigenvalue weighted by atomic mass is 10.0. The molecule has 97 heavy (non-hydrogen) atoms. The molecule has 3 N–H and O–H groups in total. The maximum absolute atomic E-state index is 13.1. The first kappa shape index (κ1) is 95.1. The fourth-order valence-electron chi connectivity index (χ4n) is 12.0. The van der Waals surface area contributed by atoms with E-state index in [1.165, 1.54) is 205 Å². The fraction of sp³-hybridized carbons (Fsp3) is 0.949. The van der Waals surface area contributed by atoms with Gasteiger partial charge in [-0.2, -0.15) is 0 Å². The van der Waals surface area contributed by atoms with Crippen molar-refractivity contribution in [3.05, 3.63) is 0 Å². The molecule has 17 nitrogen and oxygen atoms in total. The molecule has 576 valence electrons. The van der Waals surface area contributed by atoms with Crippen molar-refractivity contribution < 1.29 is 80.2 Å². The number of aliphatic hydroxyl groups is 1. The van der Waals surface area contributed by atoms with Crippen molar-refractivity contribution in [3.63, 3.8) is 0 Å². The van der Waals surface area contributed by atoms with Crippen LogP contribution in [0, 0.1) is 17.8 Å². The summed E-state index contributed by atoms with van der Waals surface area (Å²) in [6.07, 6.45) is 55.6. The monoisotopic (exact) mass is 1420 g/mol. The van der Waals surface area contributed by atoms with Crippen LogP contribution in [0.15, 0.2) is 0 Å². The van der Waals surface area contributed by atoms with Gasteiger partial charge < -0.3 is 33.8 Å². The molecule has 0 aliphatic carbocycles. The third kappa shape index (κ3) is 72.2. The second-order valence-corrected chi connectivity index (χ2v) is 32.4. The molecule has 0 aromatic rings. The van der Waals surface area contributed by atoms with Crippen LogP contribution in [0.1, 0.15) is 402 Å². The number of aliphatic hydroxyl groups excluding tert-OH is 1. The summed E-state index contributed by atoms with van der Waals surface area (Å²) in [5.41, 5.74) is 0. The Balaban J connectivity index is 5.23. The van der Waals surface area contributed by atoms with Gasteiger partial charge in [-0.3, -0.25) is 37.3 Å². The number of carbonyl (C=O) groups is 4. The van der Waals surface area contributed by atoms with E-state index in [2.05, 4.69) is 48.5 Å². The van der Waals surface area contributed by atoms with Gasteiger partial charge in [0.15, 0.2) is 12.2 Å². The number of ether oxygens (including phenoxy) is 4. The Hall–Kier alpha value is -1.94. The summed E-state index contributed by atoms with van der Waals surface area (Å²) >= 11 is 0. The molecule has 0 rings (SSSR count). The van der Waals surface area contributed by atoms with Crippen molar-refractivity contribution in [2.24, 2.45) is 17.8 Å². The third-order valence-electron chi connectivity index (χ3n) is 18.1. The highest BCUT2D eigenvalue weighted by atomic mass is 31.2. The summed E-state index contributed by atoms with van der Waals surface area (Å²) in [7, 11) is -9.92. The lowest BCUT2D eigenvalue weighted by Crippen LogP contribution is -2.30. The minimum atomic E-state index is -4.96. The van der Waals surface area contributed by atoms with Crippen LogP contribution < -0.4 is 0 Å². The van der Waals surface area contributed by atoms with E-state index in [1.54, 1.807) is 0 Å². The Morgan fingerprint density at radius 1 is 0.278 bits per heavy atom. The van der Waals surface area contributed by atoms with Crippen LogP contribution in [0.3, 0.4) is 0 Å². The van der Waals surface area contributed by atoms with E-state index in [9.17, 15) is 43.2 Å². The summed E-state index contributed by atoms with van der Waals surface area (Å²) in [5, 5.41) is 10.6. The molecular weight excluding hydrogens is 1270 g/mol. The van der Waals surface area contributed by atoms with Gasteiger partial charge in [-0.25, -0.2) is 9.13 Å². The standard InChI is InChI=1S/C78H152O17P2/c1-8-9-10-11-12-13-14-15-16-17-18-22-27-32-37-45-52-59-75(80)88-65-73(94-77(82)61-54-47-38-33-28-23-20-19-21-25-30-35-42-49-56-69(2)3)67-92-96(84,85)90-63-72(79)64-91-97(86,87)93-68-74(66-89-76(81)60-53-46-41-40-44-51-58-71(6)7)95-78(83)62-55-48-39-34-29-24-26-31-36-43-50-57-70(4)5/h69-74,79H,8-68H2,1-7H3,(H,84,85)(H,86,87)/t72-,73-,74-/m1/s1. The molecule has 0 heterocycles. The molecule has 19 heteroatoms. The zero-order valence-electron chi connectivity index (χ0n) is 63.5. The molecule has 0 aliphatic heterocycles. The van der Waals surface area contributed by atoms with Gasteiger partial charge in [0.05, 0.1) is 26.4 Å². The fourth-order valence-corrected chi connectivity index (χ4v) is 13.5. The molecular formula is C78H152O17P2. The Kier molecular flexibility index (Phi) is 67.1. The SMILES string of the molecule is CCCCCCCCCCCCCCCCCCCC(=O)OC[C@H](COP(=O)(O)OC[C@@H](O)COP(=O)(O)OC[C@@H](COC(=O)CCCCCCCCC(C)C)OC(=O)CCCCCCCCCCCCCC(C)C)OC(=O)CCCCCCCCCCCCCCCCC(C)C. The molecule has 0 amide bonds. The Morgan fingerprint density at radius 2 is 0.474 bits per heavy atom. The lowest BCUT2D eigenvalue weighted by Gasteiger charge is -2.21. The van der Waals surface area contributed by atoms with Crippen LogP contribution in [-0.2, 0) is 65.4 Å². The van der Waals surface area contributed by atoms with E-state index in [0.29, 0.717) is 31.6 Å². The molecule has 0 aromatic heterocycles. The Labute approximate surface area is 594 Å². The van der Waals surface area contributed by atoms with Crippen LogP contribution >= 0.6 is 15.6 Å². The minimum Gasteiger partial charge on any atom is -0.462 e. The summed E-state index contributed by atoms with van der Waals surface area (Å²) in [4.78, 5) is 72.9. The Morgan fingerprint density at radius 3 is 0.701 bits per heavy atom. The second kappa shape index (κ2) is 68.5. The maximum atomic E-state index is 13.1. The first-order chi connectivity index (χ1) is 46.7. The van der Waals surface area contributed by atoms with E-state index in [4.69, 9.17) is 37.0 Å². The van der Waals surface area contributed by atoms with Crippen LogP contribution in [0.4, 0.5) is 0 Å². The largest absolute Gasteiger partial charge is 0.472 e. The lowest BCUT2D eigenvalue weighted by molar-refractivity contribution is -0.161. The number of phosphoric acid groups is 2. The molecule has 5 atom stereocenters. The van der Waals surface area contributed by atoms with Crippen LogP contribution in [0.25, 0.3) is 0 Å². The average Bonchev–Trinajstić information content (AvgIpc) is 2.18. The van der Waals surface area contributed by atoms with Gasteiger partial charge in [-0.15, -0.1) is 0 Å². The highest BCUT2D eigenvalue weighted by molar-refractivity contribution is 7.47.